The number of phenolic OH excluding ortho intramolecular Hbond substituents is 1. The molecular formula is C11H14FNO2. The number of halogens is 1. The second-order valence-electron chi connectivity index (χ2n) is 3.66. The first-order valence-electron chi connectivity index (χ1n) is 5.02. The lowest BCUT2D eigenvalue weighted by Crippen LogP contribution is -2.14. The number of ether oxygens (including phenoxy) is 1. The molecule has 3 nitrogen and oxygen atoms in total. The van der Waals surface area contributed by atoms with E-state index in [2.05, 4.69) is 5.32 Å². The Balaban J connectivity index is 2.43. The minimum atomic E-state index is -0.382. The minimum Gasteiger partial charge on any atom is -0.504 e. The highest BCUT2D eigenvalue weighted by Crippen LogP contribution is 2.38. The molecule has 0 spiro atoms. The molecule has 2 rings (SSSR count). The normalized spacial score (nSPS) is 20.5. The highest BCUT2D eigenvalue weighted by molar-refractivity contribution is 5.47. The van der Waals surface area contributed by atoms with E-state index in [1.165, 1.54) is 19.2 Å². The van der Waals surface area contributed by atoms with Gasteiger partial charge < -0.3 is 15.2 Å². The highest BCUT2D eigenvalue weighted by Gasteiger charge is 2.24. The molecule has 1 unspecified atom stereocenters. The third-order valence-electron chi connectivity index (χ3n) is 2.76. The van der Waals surface area contributed by atoms with Gasteiger partial charge in [-0.25, -0.2) is 4.39 Å². The fourth-order valence-electron chi connectivity index (χ4n) is 1.99. The fourth-order valence-corrected chi connectivity index (χ4v) is 1.99. The van der Waals surface area contributed by atoms with Crippen LogP contribution in [0.3, 0.4) is 0 Å². The van der Waals surface area contributed by atoms with Crippen LogP contribution in [0.25, 0.3) is 0 Å². The largest absolute Gasteiger partial charge is 0.504 e. The van der Waals surface area contributed by atoms with Gasteiger partial charge in [0.1, 0.15) is 5.82 Å². The van der Waals surface area contributed by atoms with Crippen molar-refractivity contribution in [2.75, 3.05) is 13.7 Å². The number of nitrogens with one attached hydrogen (secondary N) is 1. The molecule has 0 aromatic heterocycles. The van der Waals surface area contributed by atoms with Gasteiger partial charge in [-0.15, -0.1) is 0 Å². The molecule has 1 aromatic rings. The number of hydrogen-bond donors (Lipinski definition) is 2. The van der Waals surface area contributed by atoms with Gasteiger partial charge in [-0.2, -0.15) is 0 Å². The van der Waals surface area contributed by atoms with Crippen molar-refractivity contribution in [3.05, 3.63) is 23.5 Å². The molecular weight excluding hydrogens is 197 g/mol. The molecule has 0 radical (unpaired) electrons. The summed E-state index contributed by atoms with van der Waals surface area (Å²) >= 11 is 0. The second kappa shape index (κ2) is 4.06. The lowest BCUT2D eigenvalue weighted by atomic mass is 10.0. The van der Waals surface area contributed by atoms with E-state index in [0.29, 0.717) is 11.3 Å². The van der Waals surface area contributed by atoms with Crippen LogP contribution in [-0.4, -0.2) is 18.8 Å². The average Bonchev–Trinajstić information content (AvgIpc) is 2.71. The molecule has 1 saturated heterocycles. The zero-order valence-corrected chi connectivity index (χ0v) is 8.59. The van der Waals surface area contributed by atoms with Gasteiger partial charge in [0.2, 0.25) is 0 Å². The van der Waals surface area contributed by atoms with E-state index < -0.39 is 0 Å². The average molecular weight is 211 g/mol. The minimum absolute atomic E-state index is 0.0862. The molecule has 0 saturated carbocycles. The quantitative estimate of drug-likeness (QED) is 0.785. The van der Waals surface area contributed by atoms with Crippen LogP contribution >= 0.6 is 0 Å². The second-order valence-corrected chi connectivity index (χ2v) is 3.66. The summed E-state index contributed by atoms with van der Waals surface area (Å²) in [5, 5.41) is 13.0. The third-order valence-corrected chi connectivity index (χ3v) is 2.76. The summed E-state index contributed by atoms with van der Waals surface area (Å²) < 4.78 is 18.5. The van der Waals surface area contributed by atoms with Crippen molar-refractivity contribution in [3.63, 3.8) is 0 Å². The van der Waals surface area contributed by atoms with E-state index >= 15 is 0 Å². The SMILES string of the molecule is COc1ccc(F)c(C2CCCN2)c1O. The first kappa shape index (κ1) is 10.2. The van der Waals surface area contributed by atoms with Crippen molar-refractivity contribution in [2.45, 2.75) is 18.9 Å². The first-order chi connectivity index (χ1) is 7.24. The molecule has 2 N–H and O–H groups in total. The lowest BCUT2D eigenvalue weighted by molar-refractivity contribution is 0.362. The van der Waals surface area contributed by atoms with Crippen molar-refractivity contribution in [1.29, 1.82) is 0 Å². The van der Waals surface area contributed by atoms with Crippen LogP contribution in [0.4, 0.5) is 4.39 Å². The highest BCUT2D eigenvalue weighted by atomic mass is 19.1. The smallest absolute Gasteiger partial charge is 0.165 e. The molecule has 1 heterocycles. The Morgan fingerprint density at radius 3 is 2.93 bits per heavy atom. The van der Waals surface area contributed by atoms with Gasteiger partial charge in [-0.1, -0.05) is 0 Å². The standard InChI is InChI=1S/C11H14FNO2/c1-15-9-5-4-7(12)10(11(9)14)8-3-2-6-13-8/h4-5,8,13-14H,2-3,6H2,1H3. The number of hydrogen-bond acceptors (Lipinski definition) is 3. The maximum atomic E-state index is 13.6. The van der Waals surface area contributed by atoms with Gasteiger partial charge in [0.15, 0.2) is 11.5 Å². The van der Waals surface area contributed by atoms with E-state index in [-0.39, 0.29) is 17.6 Å². The van der Waals surface area contributed by atoms with Crippen molar-refractivity contribution < 1.29 is 14.2 Å². The number of methoxy groups -OCH3 is 1. The first-order valence-corrected chi connectivity index (χ1v) is 5.02. The Labute approximate surface area is 87.9 Å². The van der Waals surface area contributed by atoms with Crippen LogP contribution in [0.5, 0.6) is 11.5 Å². The molecule has 4 heteroatoms. The number of aromatic hydroxyl groups is 1. The monoisotopic (exact) mass is 211 g/mol. The number of phenols is 1. The van der Waals surface area contributed by atoms with Gasteiger partial charge in [0.05, 0.1) is 12.7 Å². The van der Waals surface area contributed by atoms with E-state index in [4.69, 9.17) is 4.74 Å². The van der Waals surface area contributed by atoms with Crippen molar-refractivity contribution in [1.82, 2.24) is 5.32 Å². The molecule has 0 amide bonds. The van der Waals surface area contributed by atoms with Gasteiger partial charge in [0, 0.05) is 6.04 Å². The van der Waals surface area contributed by atoms with Crippen LogP contribution in [0, 0.1) is 5.82 Å². The maximum Gasteiger partial charge on any atom is 0.165 e. The topological polar surface area (TPSA) is 41.5 Å². The Hall–Kier alpha value is -1.29. The van der Waals surface area contributed by atoms with E-state index in [9.17, 15) is 9.50 Å². The predicted molar refractivity (Wildman–Crippen MR) is 54.6 cm³/mol. The summed E-state index contributed by atoms with van der Waals surface area (Å²) in [5.41, 5.74) is 0.326. The van der Waals surface area contributed by atoms with Crippen molar-refractivity contribution in [2.24, 2.45) is 0 Å². The zero-order chi connectivity index (χ0) is 10.8. The van der Waals surface area contributed by atoms with Crippen LogP contribution < -0.4 is 10.1 Å². The zero-order valence-electron chi connectivity index (χ0n) is 8.59. The predicted octanol–water partition coefficient (Wildman–Crippen LogP) is 1.96. The van der Waals surface area contributed by atoms with Gasteiger partial charge in [-0.05, 0) is 31.5 Å². The summed E-state index contributed by atoms with van der Waals surface area (Å²) in [6, 6.07) is 2.66. The Morgan fingerprint density at radius 2 is 2.33 bits per heavy atom. The van der Waals surface area contributed by atoms with Crippen molar-refractivity contribution in [3.8, 4) is 11.5 Å². The lowest BCUT2D eigenvalue weighted by Gasteiger charge is -2.15. The van der Waals surface area contributed by atoms with Gasteiger partial charge in [0.25, 0.3) is 0 Å². The van der Waals surface area contributed by atoms with Crippen LogP contribution in [-0.2, 0) is 0 Å². The molecule has 0 bridgehead atoms. The fraction of sp³-hybridized carbons (Fsp3) is 0.455. The van der Waals surface area contributed by atoms with E-state index in [1.807, 2.05) is 0 Å². The van der Waals surface area contributed by atoms with Crippen LogP contribution in [0.1, 0.15) is 24.4 Å². The molecule has 1 atom stereocenters. The molecule has 0 aliphatic carbocycles. The Kier molecular flexibility index (Phi) is 2.77. The molecule has 1 aliphatic rings. The summed E-state index contributed by atoms with van der Waals surface area (Å²) in [5.74, 6) is -0.148. The summed E-state index contributed by atoms with van der Waals surface area (Å²) in [6.07, 6.45) is 1.85. The van der Waals surface area contributed by atoms with E-state index in [0.717, 1.165) is 19.4 Å². The third kappa shape index (κ3) is 1.77. The van der Waals surface area contributed by atoms with Crippen LogP contribution in [0.15, 0.2) is 12.1 Å². The molecule has 1 aromatic carbocycles. The Morgan fingerprint density at radius 1 is 1.53 bits per heavy atom. The van der Waals surface area contributed by atoms with Crippen molar-refractivity contribution >= 4 is 0 Å². The molecule has 82 valence electrons. The molecule has 1 aliphatic heterocycles. The summed E-state index contributed by atoms with van der Waals surface area (Å²) in [7, 11) is 1.46. The number of rotatable bonds is 2. The summed E-state index contributed by atoms with van der Waals surface area (Å²) in [6.45, 7) is 0.862. The molecule has 15 heavy (non-hydrogen) atoms. The van der Waals surface area contributed by atoms with E-state index in [1.54, 1.807) is 0 Å². The summed E-state index contributed by atoms with van der Waals surface area (Å²) in [4.78, 5) is 0. The van der Waals surface area contributed by atoms with Gasteiger partial charge >= 0.3 is 0 Å². The maximum absolute atomic E-state index is 13.6. The van der Waals surface area contributed by atoms with Gasteiger partial charge in [-0.3, -0.25) is 0 Å². The molecule has 1 fully saturated rings. The number of benzene rings is 1. The Bertz CT molecular complexity index is 362. The van der Waals surface area contributed by atoms with Crippen LogP contribution in [0.2, 0.25) is 0 Å².